The van der Waals surface area contributed by atoms with Gasteiger partial charge in [0.2, 0.25) is 0 Å². The Labute approximate surface area is 113 Å². The molecule has 0 aromatic rings. The molecule has 0 aromatic carbocycles. The molecule has 1 heterocycles. The first-order valence-corrected chi connectivity index (χ1v) is 7.14. The van der Waals surface area contributed by atoms with E-state index in [1.54, 1.807) is 4.90 Å². The molecule has 20 heavy (non-hydrogen) atoms. The van der Waals surface area contributed by atoms with E-state index in [1.807, 2.05) is 0 Å². The maximum absolute atomic E-state index is 12.9. The van der Waals surface area contributed by atoms with Crippen LogP contribution in [0.2, 0.25) is 0 Å². The molecule has 5 nitrogen and oxygen atoms in total. The lowest BCUT2D eigenvalue weighted by Gasteiger charge is -2.30. The molecule has 0 aliphatic carbocycles. The monoisotopic (exact) mass is 326 g/mol. The summed E-state index contributed by atoms with van der Waals surface area (Å²) in [6.45, 7) is 1.39. The van der Waals surface area contributed by atoms with Crippen molar-refractivity contribution in [1.29, 1.82) is 0 Å². The predicted molar refractivity (Wildman–Crippen MR) is 59.8 cm³/mol. The molecule has 0 aromatic heterocycles. The van der Waals surface area contributed by atoms with E-state index in [2.05, 4.69) is 0 Å². The SMILES string of the molecule is CN(CCN1CCOCC1)S(=O)(=O)C(F)(F)C(F)(F)F. The van der Waals surface area contributed by atoms with Crippen molar-refractivity contribution in [2.45, 2.75) is 11.4 Å². The molecular formula is C9H15F5N2O3S. The maximum Gasteiger partial charge on any atom is 0.470 e. The van der Waals surface area contributed by atoms with Gasteiger partial charge in [0.1, 0.15) is 0 Å². The van der Waals surface area contributed by atoms with Crippen molar-refractivity contribution in [3.05, 3.63) is 0 Å². The summed E-state index contributed by atoms with van der Waals surface area (Å²) in [7, 11) is -5.08. The van der Waals surface area contributed by atoms with Crippen molar-refractivity contribution in [1.82, 2.24) is 9.21 Å². The molecule has 1 aliphatic heterocycles. The van der Waals surface area contributed by atoms with Crippen molar-refractivity contribution in [2.75, 3.05) is 46.4 Å². The normalized spacial score (nSPS) is 19.6. The molecule has 0 unspecified atom stereocenters. The molecule has 0 N–H and O–H groups in total. The highest BCUT2D eigenvalue weighted by molar-refractivity contribution is 7.90. The zero-order chi connectivity index (χ0) is 15.6. The fraction of sp³-hybridized carbons (Fsp3) is 1.00. The Morgan fingerprint density at radius 3 is 2.10 bits per heavy atom. The van der Waals surface area contributed by atoms with Gasteiger partial charge in [0.05, 0.1) is 13.2 Å². The Bertz CT molecular complexity index is 420. The van der Waals surface area contributed by atoms with Crippen LogP contribution < -0.4 is 0 Å². The number of morpholine rings is 1. The standard InChI is InChI=1S/C9H15F5N2O3S/c1-15(2-3-16-4-6-19-7-5-16)20(17,18)9(13,14)8(10,11)12/h2-7H2,1H3. The molecular weight excluding hydrogens is 311 g/mol. The van der Waals surface area contributed by atoms with E-state index in [9.17, 15) is 30.4 Å². The first-order chi connectivity index (χ1) is 9.00. The molecule has 0 saturated carbocycles. The van der Waals surface area contributed by atoms with Crippen molar-refractivity contribution >= 4 is 10.0 Å². The number of hydrogen-bond acceptors (Lipinski definition) is 4. The Morgan fingerprint density at radius 2 is 1.65 bits per heavy atom. The molecule has 0 spiro atoms. The Kier molecular flexibility index (Phi) is 5.33. The number of halogens is 5. The quantitative estimate of drug-likeness (QED) is 0.699. The molecule has 1 rings (SSSR count). The summed E-state index contributed by atoms with van der Waals surface area (Å²) < 4.78 is 89.8. The van der Waals surface area contributed by atoms with E-state index in [4.69, 9.17) is 4.74 Å². The van der Waals surface area contributed by atoms with Gasteiger partial charge in [-0.1, -0.05) is 0 Å². The van der Waals surface area contributed by atoms with E-state index in [0.29, 0.717) is 33.4 Å². The van der Waals surface area contributed by atoms with Crippen molar-refractivity contribution in [2.24, 2.45) is 0 Å². The number of sulfonamides is 1. The van der Waals surface area contributed by atoms with Crippen LogP contribution in [-0.4, -0.2) is 75.5 Å². The van der Waals surface area contributed by atoms with Crippen molar-refractivity contribution in [3.63, 3.8) is 0 Å². The van der Waals surface area contributed by atoms with Crippen LogP contribution in [0, 0.1) is 0 Å². The molecule has 0 atom stereocenters. The number of nitrogens with zero attached hydrogens (tertiary/aromatic N) is 2. The number of alkyl halides is 5. The van der Waals surface area contributed by atoms with Crippen molar-refractivity contribution < 1.29 is 35.1 Å². The van der Waals surface area contributed by atoms with Gasteiger partial charge in [0, 0.05) is 33.2 Å². The molecule has 11 heteroatoms. The second-order valence-corrected chi connectivity index (χ2v) is 6.38. The highest BCUT2D eigenvalue weighted by Crippen LogP contribution is 2.40. The van der Waals surface area contributed by atoms with Gasteiger partial charge < -0.3 is 4.74 Å². The molecule has 1 aliphatic rings. The molecule has 0 bridgehead atoms. The first kappa shape index (κ1) is 17.5. The number of likely N-dealkylation sites (N-methyl/N-ethyl adjacent to an activating group) is 1. The van der Waals surface area contributed by atoms with Gasteiger partial charge >= 0.3 is 11.4 Å². The number of rotatable bonds is 5. The maximum atomic E-state index is 12.9. The van der Waals surface area contributed by atoms with E-state index in [0.717, 1.165) is 0 Å². The Balaban J connectivity index is 2.67. The molecule has 0 radical (unpaired) electrons. The smallest absolute Gasteiger partial charge is 0.379 e. The summed E-state index contributed by atoms with van der Waals surface area (Å²) in [5.74, 6) is 0. The van der Waals surface area contributed by atoms with Crippen LogP contribution in [0.4, 0.5) is 22.0 Å². The number of ether oxygens (including phenoxy) is 1. The molecule has 0 amide bonds. The number of hydrogen-bond donors (Lipinski definition) is 0. The van der Waals surface area contributed by atoms with Crippen LogP contribution in [0.3, 0.4) is 0 Å². The lowest BCUT2D eigenvalue weighted by atomic mass is 10.4. The van der Waals surface area contributed by atoms with Crippen LogP contribution in [-0.2, 0) is 14.8 Å². The van der Waals surface area contributed by atoms with E-state index in [-0.39, 0.29) is 10.8 Å². The highest BCUT2D eigenvalue weighted by Gasteiger charge is 2.68. The minimum Gasteiger partial charge on any atom is -0.379 e. The third kappa shape index (κ3) is 3.57. The van der Waals surface area contributed by atoms with Crippen LogP contribution in [0.5, 0.6) is 0 Å². The highest BCUT2D eigenvalue weighted by atomic mass is 32.2. The molecule has 120 valence electrons. The minimum atomic E-state index is -6.14. The summed E-state index contributed by atoms with van der Waals surface area (Å²) in [6.07, 6.45) is -6.14. The molecule has 1 fully saturated rings. The second-order valence-electron chi connectivity index (χ2n) is 4.30. The van der Waals surface area contributed by atoms with Gasteiger partial charge in [-0.3, -0.25) is 4.90 Å². The van der Waals surface area contributed by atoms with Gasteiger partial charge in [0.15, 0.2) is 0 Å². The zero-order valence-corrected chi connectivity index (χ0v) is 11.5. The molecule has 1 saturated heterocycles. The van der Waals surface area contributed by atoms with E-state index < -0.39 is 28.0 Å². The summed E-state index contributed by atoms with van der Waals surface area (Å²) >= 11 is 0. The lowest BCUT2D eigenvalue weighted by molar-refractivity contribution is -0.242. The Hall–Kier alpha value is -0.520. The average molecular weight is 326 g/mol. The Morgan fingerprint density at radius 1 is 1.15 bits per heavy atom. The first-order valence-electron chi connectivity index (χ1n) is 5.70. The third-order valence-corrected chi connectivity index (χ3v) is 4.78. The van der Waals surface area contributed by atoms with Gasteiger partial charge in [-0.15, -0.1) is 0 Å². The van der Waals surface area contributed by atoms with Crippen LogP contribution in [0.1, 0.15) is 0 Å². The summed E-state index contributed by atoms with van der Waals surface area (Å²) in [6, 6.07) is 0. The van der Waals surface area contributed by atoms with Crippen LogP contribution in [0.15, 0.2) is 0 Å². The largest absolute Gasteiger partial charge is 0.470 e. The summed E-state index contributed by atoms with van der Waals surface area (Å²) in [5, 5.41) is -5.79. The fourth-order valence-corrected chi connectivity index (χ4v) is 2.58. The topological polar surface area (TPSA) is 49.9 Å². The van der Waals surface area contributed by atoms with Gasteiger partial charge in [-0.25, -0.2) is 8.42 Å². The second kappa shape index (κ2) is 6.08. The zero-order valence-electron chi connectivity index (χ0n) is 10.7. The van der Waals surface area contributed by atoms with Crippen LogP contribution in [0.25, 0.3) is 0 Å². The van der Waals surface area contributed by atoms with Gasteiger partial charge in [-0.2, -0.15) is 26.3 Å². The van der Waals surface area contributed by atoms with E-state index >= 15 is 0 Å². The fourth-order valence-electron chi connectivity index (χ4n) is 1.57. The lowest BCUT2D eigenvalue weighted by Crippen LogP contribution is -2.52. The minimum absolute atomic E-state index is 0.0377. The van der Waals surface area contributed by atoms with Crippen molar-refractivity contribution in [3.8, 4) is 0 Å². The summed E-state index contributed by atoms with van der Waals surface area (Å²) in [4.78, 5) is 1.72. The predicted octanol–water partition coefficient (Wildman–Crippen LogP) is 0.735. The van der Waals surface area contributed by atoms with E-state index in [1.165, 1.54) is 0 Å². The van der Waals surface area contributed by atoms with Gasteiger partial charge in [0.25, 0.3) is 10.0 Å². The average Bonchev–Trinajstić information content (AvgIpc) is 2.35. The third-order valence-electron chi connectivity index (χ3n) is 2.90. The van der Waals surface area contributed by atoms with Gasteiger partial charge in [-0.05, 0) is 0 Å². The van der Waals surface area contributed by atoms with Crippen LogP contribution >= 0.6 is 0 Å². The summed E-state index contributed by atoms with van der Waals surface area (Å²) in [5.41, 5.74) is 0.